The Morgan fingerprint density at radius 2 is 2.13 bits per heavy atom. The number of aliphatic hydroxyl groups is 1. The van der Waals surface area contributed by atoms with Crippen LogP contribution in [0.2, 0.25) is 0 Å². The molecule has 0 spiro atoms. The second kappa shape index (κ2) is 9.71. The Morgan fingerprint density at radius 1 is 1.37 bits per heavy atom. The van der Waals surface area contributed by atoms with Gasteiger partial charge in [-0.15, -0.1) is 11.3 Å². The van der Waals surface area contributed by atoms with Crippen molar-refractivity contribution in [3.05, 3.63) is 43.6 Å². The summed E-state index contributed by atoms with van der Waals surface area (Å²) in [5.74, 6) is -1.93. The van der Waals surface area contributed by atoms with Crippen molar-refractivity contribution in [2.45, 2.75) is 45.3 Å². The molecule has 162 valence electrons. The van der Waals surface area contributed by atoms with E-state index >= 15 is 0 Å². The monoisotopic (exact) mass is 546 g/mol. The normalized spacial score (nSPS) is 13.8. The van der Waals surface area contributed by atoms with Crippen LogP contribution in [0.1, 0.15) is 58.7 Å². The van der Waals surface area contributed by atoms with Crippen LogP contribution in [0.5, 0.6) is 0 Å². The number of carbonyl (C=O) groups excluding carboxylic acids is 2. The highest BCUT2D eigenvalue weighted by atomic mass is 127. The van der Waals surface area contributed by atoms with Crippen LogP contribution in [0.15, 0.2) is 18.2 Å². The number of hydrogen-bond donors (Lipinski definition) is 3. The molecule has 0 bridgehead atoms. The van der Waals surface area contributed by atoms with E-state index in [4.69, 9.17) is 4.74 Å². The minimum Gasteiger partial charge on any atom is -0.366 e. The fourth-order valence-electron chi connectivity index (χ4n) is 3.19. The van der Waals surface area contributed by atoms with Gasteiger partial charge in [0, 0.05) is 16.5 Å². The fourth-order valence-corrected chi connectivity index (χ4v) is 4.87. The lowest BCUT2D eigenvalue weighted by molar-refractivity contribution is -0.175. The number of benzene rings is 1. The second-order valence-electron chi connectivity index (χ2n) is 7.54. The zero-order chi connectivity index (χ0) is 21.9. The molecule has 0 aliphatic heterocycles. The van der Waals surface area contributed by atoms with E-state index in [1.807, 2.05) is 22.6 Å². The minimum absolute atomic E-state index is 0.0185. The zero-order valence-corrected chi connectivity index (χ0v) is 19.8. The standard InChI is InChI=1S/C21H24FIN2O4S/c1-21(2,28)29-10-4-9-24-19(27)17-13-5-3-6-16(26)18(13)30-20(17)25-15-8-7-12(23)11-14(15)22/h7-8,11,25,28H,3-6,9-10H2,1-2H3,(H,24,27). The van der Waals surface area contributed by atoms with Crippen molar-refractivity contribution in [3.63, 3.8) is 0 Å². The van der Waals surface area contributed by atoms with Gasteiger partial charge in [0.2, 0.25) is 0 Å². The molecule has 9 heteroatoms. The third kappa shape index (κ3) is 5.77. The number of rotatable bonds is 8. The van der Waals surface area contributed by atoms with Crippen LogP contribution in [-0.2, 0) is 11.2 Å². The number of halogens is 2. The van der Waals surface area contributed by atoms with Gasteiger partial charge in [-0.1, -0.05) is 0 Å². The molecule has 1 aromatic heterocycles. The SMILES string of the molecule is CC(C)(O)OCCCNC(=O)c1c(Nc2ccc(I)cc2F)sc2c1CCCC2=O. The molecule has 0 saturated carbocycles. The molecule has 0 unspecified atom stereocenters. The van der Waals surface area contributed by atoms with Crippen molar-refractivity contribution in [1.82, 2.24) is 5.32 Å². The number of nitrogens with one attached hydrogen (secondary N) is 2. The number of amides is 1. The lowest BCUT2D eigenvalue weighted by Gasteiger charge is -2.18. The first-order chi connectivity index (χ1) is 14.2. The Balaban J connectivity index is 1.79. The summed E-state index contributed by atoms with van der Waals surface area (Å²) < 4.78 is 20.4. The molecule has 0 saturated heterocycles. The molecule has 2 aromatic rings. The number of anilines is 2. The van der Waals surface area contributed by atoms with Crippen LogP contribution in [0.3, 0.4) is 0 Å². The van der Waals surface area contributed by atoms with E-state index in [2.05, 4.69) is 10.6 Å². The first-order valence-corrected chi connectivity index (χ1v) is 11.6. The quantitative estimate of drug-likeness (QED) is 0.256. The van der Waals surface area contributed by atoms with Crippen molar-refractivity contribution in [2.24, 2.45) is 0 Å². The van der Waals surface area contributed by atoms with E-state index in [1.54, 1.807) is 26.0 Å². The largest absolute Gasteiger partial charge is 0.366 e. The molecule has 6 nitrogen and oxygen atoms in total. The topological polar surface area (TPSA) is 87.7 Å². The van der Waals surface area contributed by atoms with E-state index in [0.717, 1.165) is 9.13 Å². The summed E-state index contributed by atoms with van der Waals surface area (Å²) in [6.07, 6.45) is 2.31. The van der Waals surface area contributed by atoms with Gasteiger partial charge in [0.25, 0.3) is 5.91 Å². The second-order valence-corrected chi connectivity index (χ2v) is 9.81. The summed E-state index contributed by atoms with van der Waals surface area (Å²) in [5, 5.41) is 15.9. The van der Waals surface area contributed by atoms with Gasteiger partial charge in [-0.05, 0) is 79.5 Å². The molecule has 1 heterocycles. The average Bonchev–Trinajstić information content (AvgIpc) is 3.02. The van der Waals surface area contributed by atoms with Gasteiger partial charge in [0.05, 0.1) is 22.7 Å². The summed E-state index contributed by atoms with van der Waals surface area (Å²) in [4.78, 5) is 25.9. The van der Waals surface area contributed by atoms with Gasteiger partial charge in [-0.25, -0.2) is 4.39 Å². The van der Waals surface area contributed by atoms with Crippen molar-refractivity contribution in [2.75, 3.05) is 18.5 Å². The molecule has 3 N–H and O–H groups in total. The lowest BCUT2D eigenvalue weighted by Crippen LogP contribution is -2.29. The van der Waals surface area contributed by atoms with E-state index in [1.165, 1.54) is 17.4 Å². The van der Waals surface area contributed by atoms with Gasteiger partial charge < -0.3 is 20.5 Å². The Kier molecular flexibility index (Phi) is 7.48. The highest BCUT2D eigenvalue weighted by Gasteiger charge is 2.29. The smallest absolute Gasteiger partial charge is 0.254 e. The molecular formula is C21H24FIN2O4S. The summed E-state index contributed by atoms with van der Waals surface area (Å²) in [6, 6.07) is 4.80. The number of carbonyl (C=O) groups is 2. The average molecular weight is 546 g/mol. The van der Waals surface area contributed by atoms with Crippen LogP contribution in [-0.4, -0.2) is 35.7 Å². The summed E-state index contributed by atoms with van der Waals surface area (Å²) in [7, 11) is 0. The zero-order valence-electron chi connectivity index (χ0n) is 16.8. The van der Waals surface area contributed by atoms with E-state index in [0.29, 0.717) is 54.3 Å². The first-order valence-electron chi connectivity index (χ1n) is 9.71. The van der Waals surface area contributed by atoms with Crippen molar-refractivity contribution in [1.29, 1.82) is 0 Å². The maximum atomic E-state index is 14.3. The Bertz CT molecular complexity index is 955. The summed E-state index contributed by atoms with van der Waals surface area (Å²) in [6.45, 7) is 3.73. The Morgan fingerprint density at radius 3 is 2.83 bits per heavy atom. The van der Waals surface area contributed by atoms with Crippen LogP contribution < -0.4 is 10.6 Å². The summed E-state index contributed by atoms with van der Waals surface area (Å²) >= 11 is 3.24. The molecule has 0 radical (unpaired) electrons. The molecule has 1 aromatic carbocycles. The van der Waals surface area contributed by atoms with Crippen LogP contribution in [0.4, 0.5) is 15.1 Å². The van der Waals surface area contributed by atoms with Crippen LogP contribution in [0.25, 0.3) is 0 Å². The predicted molar refractivity (Wildman–Crippen MR) is 123 cm³/mol. The van der Waals surface area contributed by atoms with Crippen LogP contribution in [0, 0.1) is 9.39 Å². The molecule has 0 fully saturated rings. The highest BCUT2D eigenvalue weighted by Crippen LogP contribution is 2.40. The van der Waals surface area contributed by atoms with E-state index in [-0.39, 0.29) is 17.4 Å². The highest BCUT2D eigenvalue weighted by molar-refractivity contribution is 14.1. The third-order valence-electron chi connectivity index (χ3n) is 4.56. The molecule has 1 aliphatic carbocycles. The molecule has 0 atom stereocenters. The summed E-state index contributed by atoms with van der Waals surface area (Å²) in [5.41, 5.74) is 1.40. The number of hydrogen-bond acceptors (Lipinski definition) is 6. The van der Waals surface area contributed by atoms with Gasteiger partial charge in [-0.3, -0.25) is 9.59 Å². The van der Waals surface area contributed by atoms with Gasteiger partial charge in [-0.2, -0.15) is 0 Å². The fraction of sp³-hybridized carbons (Fsp3) is 0.429. The first kappa shape index (κ1) is 23.1. The molecule has 1 aliphatic rings. The minimum atomic E-state index is -1.22. The number of ether oxygens (including phenoxy) is 1. The predicted octanol–water partition coefficient (Wildman–Crippen LogP) is 4.62. The van der Waals surface area contributed by atoms with Crippen molar-refractivity contribution >= 4 is 56.3 Å². The number of ketones is 1. The Labute approximate surface area is 192 Å². The van der Waals surface area contributed by atoms with Gasteiger partial charge in [0.1, 0.15) is 10.8 Å². The maximum Gasteiger partial charge on any atom is 0.254 e. The number of fused-ring (bicyclic) bond motifs is 1. The molecular weight excluding hydrogens is 522 g/mol. The van der Waals surface area contributed by atoms with Gasteiger partial charge in [0.15, 0.2) is 11.6 Å². The van der Waals surface area contributed by atoms with Crippen molar-refractivity contribution < 1.29 is 23.8 Å². The van der Waals surface area contributed by atoms with Crippen LogP contribution >= 0.6 is 33.9 Å². The molecule has 1 amide bonds. The van der Waals surface area contributed by atoms with E-state index in [9.17, 15) is 19.1 Å². The molecule has 3 rings (SSSR count). The van der Waals surface area contributed by atoms with E-state index < -0.39 is 11.6 Å². The van der Waals surface area contributed by atoms with Crippen molar-refractivity contribution in [3.8, 4) is 0 Å². The molecule has 30 heavy (non-hydrogen) atoms. The number of Topliss-reactive ketones (excluding diaryl/α,β-unsaturated/α-hetero) is 1. The Hall–Kier alpha value is -1.56. The third-order valence-corrected chi connectivity index (χ3v) is 6.42. The number of thiophene rings is 1. The lowest BCUT2D eigenvalue weighted by atomic mass is 9.94. The maximum absolute atomic E-state index is 14.3. The van der Waals surface area contributed by atoms with Gasteiger partial charge >= 0.3 is 0 Å².